The molecular weight excluding hydrogens is 324 g/mol. The molecule has 0 unspecified atom stereocenters. The molecule has 24 heavy (non-hydrogen) atoms. The predicted octanol–water partition coefficient (Wildman–Crippen LogP) is 2.16. The molecule has 2 aromatic rings. The van der Waals surface area contributed by atoms with Crippen LogP contribution in [0.2, 0.25) is 0 Å². The Morgan fingerprint density at radius 3 is 2.54 bits per heavy atom. The van der Waals surface area contributed by atoms with E-state index < -0.39 is 0 Å². The van der Waals surface area contributed by atoms with Crippen molar-refractivity contribution in [2.75, 3.05) is 18.9 Å². The second kappa shape index (κ2) is 8.56. The number of nitrogens with zero attached hydrogens (tertiary/aromatic N) is 2. The Morgan fingerprint density at radius 2 is 1.96 bits per heavy atom. The molecule has 6 nitrogen and oxygen atoms in total. The maximum absolute atomic E-state index is 12.0. The Morgan fingerprint density at radius 1 is 1.25 bits per heavy atom. The molecule has 0 bridgehead atoms. The van der Waals surface area contributed by atoms with E-state index in [1.807, 2.05) is 48.5 Å². The molecule has 0 saturated carbocycles. The van der Waals surface area contributed by atoms with E-state index in [1.165, 1.54) is 6.92 Å². The molecule has 0 aliphatic carbocycles. The summed E-state index contributed by atoms with van der Waals surface area (Å²) in [6.07, 6.45) is 0. The number of amides is 2. The minimum atomic E-state index is -0.102. The van der Waals surface area contributed by atoms with Gasteiger partial charge in [0.05, 0.1) is 13.1 Å². The minimum absolute atomic E-state index is 0.0308. The Bertz CT molecular complexity index is 697. The van der Waals surface area contributed by atoms with Crippen LogP contribution >= 0.6 is 11.3 Å². The van der Waals surface area contributed by atoms with E-state index >= 15 is 0 Å². The van der Waals surface area contributed by atoms with Crippen molar-refractivity contribution in [1.29, 1.82) is 0 Å². The van der Waals surface area contributed by atoms with Crippen LogP contribution in [0.15, 0.2) is 29.6 Å². The first-order chi connectivity index (χ1) is 11.4. The van der Waals surface area contributed by atoms with Gasteiger partial charge in [-0.25, -0.2) is 4.98 Å². The topological polar surface area (TPSA) is 74.3 Å². The number of carbonyl (C=O) groups is 2. The predicted molar refractivity (Wildman–Crippen MR) is 95.8 cm³/mol. The Labute approximate surface area is 145 Å². The molecule has 7 heteroatoms. The van der Waals surface area contributed by atoms with E-state index in [-0.39, 0.29) is 11.8 Å². The zero-order valence-electron chi connectivity index (χ0n) is 14.1. The number of thiazole rings is 1. The first-order valence-electron chi connectivity index (χ1n) is 7.65. The number of nitrogens with one attached hydrogen (secondary N) is 2. The molecule has 0 aliphatic heterocycles. The minimum Gasteiger partial charge on any atom is -0.351 e. The molecule has 2 N–H and O–H groups in total. The highest BCUT2D eigenvalue weighted by Gasteiger charge is 2.09. The lowest BCUT2D eigenvalue weighted by Gasteiger charge is -2.14. The van der Waals surface area contributed by atoms with Crippen LogP contribution in [-0.2, 0) is 22.7 Å². The molecule has 2 rings (SSSR count). The quantitative estimate of drug-likeness (QED) is 0.806. The number of rotatable bonds is 7. The monoisotopic (exact) mass is 346 g/mol. The van der Waals surface area contributed by atoms with Crippen LogP contribution in [0, 0.1) is 6.92 Å². The summed E-state index contributed by atoms with van der Waals surface area (Å²) in [5, 5.41) is 8.62. The standard InChI is InChI=1S/C17H22N4O2S/c1-12-11-24-17(19-12)10-21(3)9-16(23)18-8-14-4-6-15(7-5-14)20-13(2)22/h4-7,11H,8-10H2,1-3H3,(H,18,23)(H,20,22). The van der Waals surface area contributed by atoms with Crippen molar-refractivity contribution in [2.45, 2.75) is 26.9 Å². The molecule has 128 valence electrons. The summed E-state index contributed by atoms with van der Waals surface area (Å²) >= 11 is 1.61. The average Bonchev–Trinajstić information content (AvgIpc) is 2.91. The van der Waals surface area contributed by atoms with Crippen LogP contribution in [0.1, 0.15) is 23.2 Å². The molecule has 1 heterocycles. The average molecular weight is 346 g/mol. The van der Waals surface area contributed by atoms with E-state index in [0.717, 1.165) is 22.0 Å². The van der Waals surface area contributed by atoms with Gasteiger partial charge in [0, 0.05) is 30.2 Å². The van der Waals surface area contributed by atoms with Crippen molar-refractivity contribution in [3.63, 3.8) is 0 Å². The molecule has 0 aliphatic rings. The van der Waals surface area contributed by atoms with E-state index in [0.29, 0.717) is 19.6 Å². The van der Waals surface area contributed by atoms with Gasteiger partial charge in [-0.3, -0.25) is 14.5 Å². The summed E-state index contributed by atoms with van der Waals surface area (Å²) in [6, 6.07) is 7.40. The normalized spacial score (nSPS) is 10.7. The molecule has 2 amide bonds. The lowest BCUT2D eigenvalue weighted by molar-refractivity contribution is -0.122. The summed E-state index contributed by atoms with van der Waals surface area (Å²) < 4.78 is 0. The molecule has 0 radical (unpaired) electrons. The first kappa shape index (κ1) is 18.1. The van der Waals surface area contributed by atoms with Crippen molar-refractivity contribution in [1.82, 2.24) is 15.2 Å². The lowest BCUT2D eigenvalue weighted by atomic mass is 10.2. The van der Waals surface area contributed by atoms with Gasteiger partial charge in [-0.2, -0.15) is 0 Å². The highest BCUT2D eigenvalue weighted by Crippen LogP contribution is 2.11. The maximum atomic E-state index is 12.0. The number of benzene rings is 1. The van der Waals surface area contributed by atoms with E-state index in [9.17, 15) is 9.59 Å². The van der Waals surface area contributed by atoms with Gasteiger partial charge in [-0.1, -0.05) is 12.1 Å². The third kappa shape index (κ3) is 6.10. The van der Waals surface area contributed by atoms with Crippen LogP contribution in [0.5, 0.6) is 0 Å². The molecule has 0 saturated heterocycles. The fourth-order valence-corrected chi connectivity index (χ4v) is 3.02. The smallest absolute Gasteiger partial charge is 0.234 e. The second-order valence-corrected chi connectivity index (χ2v) is 6.65. The molecule has 0 atom stereocenters. The van der Waals surface area contributed by atoms with E-state index in [1.54, 1.807) is 11.3 Å². The number of likely N-dealkylation sites (N-methyl/N-ethyl adjacent to an activating group) is 1. The number of carbonyl (C=O) groups excluding carboxylic acids is 2. The molecule has 0 fully saturated rings. The summed E-state index contributed by atoms with van der Waals surface area (Å²) in [5.41, 5.74) is 2.74. The summed E-state index contributed by atoms with van der Waals surface area (Å²) in [6.45, 7) is 4.88. The summed E-state index contributed by atoms with van der Waals surface area (Å²) in [4.78, 5) is 29.3. The van der Waals surface area contributed by atoms with Crippen LogP contribution in [0.4, 0.5) is 5.69 Å². The number of aromatic nitrogens is 1. The zero-order valence-corrected chi connectivity index (χ0v) is 14.9. The van der Waals surface area contributed by atoms with Gasteiger partial charge < -0.3 is 10.6 Å². The van der Waals surface area contributed by atoms with Crippen LogP contribution < -0.4 is 10.6 Å². The van der Waals surface area contributed by atoms with E-state index in [2.05, 4.69) is 15.6 Å². The fraction of sp³-hybridized carbons (Fsp3) is 0.353. The molecule has 1 aromatic carbocycles. The van der Waals surface area contributed by atoms with Gasteiger partial charge >= 0.3 is 0 Å². The van der Waals surface area contributed by atoms with Gasteiger partial charge in [-0.15, -0.1) is 11.3 Å². The summed E-state index contributed by atoms with van der Waals surface area (Å²) in [7, 11) is 1.90. The molecule has 0 spiro atoms. The first-order valence-corrected chi connectivity index (χ1v) is 8.53. The van der Waals surface area contributed by atoms with Gasteiger partial charge in [0.1, 0.15) is 5.01 Å². The lowest BCUT2D eigenvalue weighted by Crippen LogP contribution is -2.34. The Kier molecular flexibility index (Phi) is 6.45. The van der Waals surface area contributed by atoms with Crippen molar-refractivity contribution in [2.24, 2.45) is 0 Å². The van der Waals surface area contributed by atoms with Gasteiger partial charge in [0.15, 0.2) is 0 Å². The van der Waals surface area contributed by atoms with Gasteiger partial charge in [0.25, 0.3) is 0 Å². The fourth-order valence-electron chi connectivity index (χ4n) is 2.17. The zero-order chi connectivity index (χ0) is 17.5. The third-order valence-electron chi connectivity index (χ3n) is 3.25. The second-order valence-electron chi connectivity index (χ2n) is 5.71. The number of hydrogen-bond acceptors (Lipinski definition) is 5. The summed E-state index contributed by atoms with van der Waals surface area (Å²) in [5.74, 6) is -0.133. The van der Waals surface area contributed by atoms with Crippen LogP contribution in [0.3, 0.4) is 0 Å². The van der Waals surface area contributed by atoms with Crippen molar-refractivity contribution >= 4 is 28.8 Å². The van der Waals surface area contributed by atoms with Gasteiger partial charge in [-0.05, 0) is 31.7 Å². The number of hydrogen-bond donors (Lipinski definition) is 2. The highest BCUT2D eigenvalue weighted by molar-refractivity contribution is 7.09. The van der Waals surface area contributed by atoms with Crippen molar-refractivity contribution in [3.8, 4) is 0 Å². The largest absolute Gasteiger partial charge is 0.351 e. The SMILES string of the molecule is CC(=O)Nc1ccc(CNC(=O)CN(C)Cc2nc(C)cs2)cc1. The van der Waals surface area contributed by atoms with Crippen LogP contribution in [0.25, 0.3) is 0 Å². The van der Waals surface area contributed by atoms with Gasteiger partial charge in [0.2, 0.25) is 11.8 Å². The number of aryl methyl sites for hydroxylation is 1. The number of anilines is 1. The van der Waals surface area contributed by atoms with E-state index in [4.69, 9.17) is 0 Å². The Balaban J connectivity index is 1.75. The van der Waals surface area contributed by atoms with Crippen LogP contribution in [-0.4, -0.2) is 35.3 Å². The highest BCUT2D eigenvalue weighted by atomic mass is 32.1. The van der Waals surface area contributed by atoms with Crippen molar-refractivity contribution in [3.05, 3.63) is 45.9 Å². The Hall–Kier alpha value is -2.25. The third-order valence-corrected chi connectivity index (χ3v) is 4.20. The molecule has 1 aromatic heterocycles. The maximum Gasteiger partial charge on any atom is 0.234 e. The van der Waals surface area contributed by atoms with Crippen molar-refractivity contribution < 1.29 is 9.59 Å². The molecular formula is C17H22N4O2S.